The van der Waals surface area contributed by atoms with Crippen LogP contribution in [0.5, 0.6) is 0 Å². The van der Waals surface area contributed by atoms with Crippen molar-refractivity contribution in [1.29, 1.82) is 0 Å². The Hall–Kier alpha value is -2.47. The van der Waals surface area contributed by atoms with Gasteiger partial charge in [0, 0.05) is 19.3 Å². The summed E-state index contributed by atoms with van der Waals surface area (Å²) in [4.78, 5) is 23.5. The molecule has 1 fully saturated rings. The van der Waals surface area contributed by atoms with Gasteiger partial charge in [0.25, 0.3) is 5.91 Å². The predicted molar refractivity (Wildman–Crippen MR) is 91.9 cm³/mol. The average Bonchev–Trinajstić information content (AvgIpc) is 2.61. The third-order valence-corrected chi connectivity index (χ3v) is 4.11. The predicted octanol–water partition coefficient (Wildman–Crippen LogP) is 2.43. The number of aromatic nitrogens is 2. The van der Waals surface area contributed by atoms with Gasteiger partial charge in [-0.1, -0.05) is 30.3 Å². The number of benzene rings is 1. The quantitative estimate of drug-likeness (QED) is 0.938. The summed E-state index contributed by atoms with van der Waals surface area (Å²) in [7, 11) is 1.74. The minimum Gasteiger partial charge on any atom is -0.374 e. The molecule has 1 amide bonds. The Morgan fingerprint density at radius 1 is 1.29 bits per heavy atom. The molecular formula is C18H22N4O2. The molecule has 0 aliphatic carbocycles. The maximum absolute atomic E-state index is 13.1. The summed E-state index contributed by atoms with van der Waals surface area (Å²) in [6.07, 6.45) is 0.000571. The van der Waals surface area contributed by atoms with E-state index >= 15 is 0 Å². The van der Waals surface area contributed by atoms with Crippen molar-refractivity contribution >= 4 is 11.9 Å². The maximum Gasteiger partial charge on any atom is 0.273 e. The second-order valence-electron chi connectivity index (χ2n) is 6.00. The summed E-state index contributed by atoms with van der Waals surface area (Å²) in [6.45, 7) is 4.86. The van der Waals surface area contributed by atoms with Gasteiger partial charge < -0.3 is 15.0 Å². The lowest BCUT2D eigenvalue weighted by molar-refractivity contribution is -0.0449. The van der Waals surface area contributed by atoms with E-state index in [1.165, 1.54) is 0 Å². The number of anilines is 1. The van der Waals surface area contributed by atoms with Gasteiger partial charge in [-0.15, -0.1) is 0 Å². The molecule has 1 saturated heterocycles. The lowest BCUT2D eigenvalue weighted by Crippen LogP contribution is -2.47. The maximum atomic E-state index is 13.1. The van der Waals surface area contributed by atoms with E-state index in [1.807, 2.05) is 49.1 Å². The smallest absolute Gasteiger partial charge is 0.273 e. The van der Waals surface area contributed by atoms with Gasteiger partial charge in [-0.25, -0.2) is 9.97 Å². The fourth-order valence-electron chi connectivity index (χ4n) is 2.92. The number of ether oxygens (including phenoxy) is 1. The van der Waals surface area contributed by atoms with Crippen LogP contribution >= 0.6 is 0 Å². The Morgan fingerprint density at radius 3 is 2.75 bits per heavy atom. The van der Waals surface area contributed by atoms with Crippen LogP contribution in [0.1, 0.15) is 34.7 Å². The molecule has 0 spiro atoms. The van der Waals surface area contributed by atoms with Crippen LogP contribution in [0.4, 0.5) is 5.95 Å². The second-order valence-corrected chi connectivity index (χ2v) is 6.00. The van der Waals surface area contributed by atoms with Crippen molar-refractivity contribution in [1.82, 2.24) is 14.9 Å². The van der Waals surface area contributed by atoms with Crippen LogP contribution in [0, 0.1) is 6.92 Å². The van der Waals surface area contributed by atoms with Crippen molar-refractivity contribution in [3.8, 4) is 0 Å². The van der Waals surface area contributed by atoms with E-state index in [9.17, 15) is 4.79 Å². The van der Waals surface area contributed by atoms with Crippen LogP contribution in [0.25, 0.3) is 0 Å². The first-order chi connectivity index (χ1) is 11.6. The van der Waals surface area contributed by atoms with Crippen molar-refractivity contribution in [3.05, 3.63) is 53.3 Å². The monoisotopic (exact) mass is 326 g/mol. The molecule has 6 nitrogen and oxygen atoms in total. The summed E-state index contributed by atoms with van der Waals surface area (Å²) in [6, 6.07) is 11.6. The summed E-state index contributed by atoms with van der Waals surface area (Å²) in [5, 5.41) is 2.90. The summed E-state index contributed by atoms with van der Waals surface area (Å²) >= 11 is 0. The Labute approximate surface area is 141 Å². The van der Waals surface area contributed by atoms with Crippen LogP contribution in [-0.4, -0.2) is 47.1 Å². The zero-order valence-electron chi connectivity index (χ0n) is 14.2. The summed E-state index contributed by atoms with van der Waals surface area (Å²) < 4.78 is 5.79. The van der Waals surface area contributed by atoms with Gasteiger partial charge in [0.05, 0.1) is 18.8 Å². The number of amides is 1. The highest BCUT2D eigenvalue weighted by atomic mass is 16.5. The van der Waals surface area contributed by atoms with Crippen molar-refractivity contribution in [3.63, 3.8) is 0 Å². The van der Waals surface area contributed by atoms with Crippen LogP contribution in [0.2, 0.25) is 0 Å². The zero-order valence-corrected chi connectivity index (χ0v) is 14.2. The Bertz CT molecular complexity index is 720. The molecule has 2 aromatic rings. The number of nitrogens with one attached hydrogen (secondary N) is 1. The van der Waals surface area contributed by atoms with E-state index < -0.39 is 0 Å². The van der Waals surface area contributed by atoms with Crippen LogP contribution in [-0.2, 0) is 4.74 Å². The van der Waals surface area contributed by atoms with Gasteiger partial charge in [-0.3, -0.25) is 4.79 Å². The highest BCUT2D eigenvalue weighted by Crippen LogP contribution is 2.27. The molecule has 0 bridgehead atoms. The molecule has 24 heavy (non-hydrogen) atoms. The fourth-order valence-corrected chi connectivity index (χ4v) is 2.92. The summed E-state index contributed by atoms with van der Waals surface area (Å²) in [5.74, 6) is 0.358. The van der Waals surface area contributed by atoms with Gasteiger partial charge in [-0.05, 0) is 25.5 Å². The first kappa shape index (κ1) is 16.4. The molecule has 1 aromatic carbocycles. The molecule has 3 rings (SSSR count). The largest absolute Gasteiger partial charge is 0.374 e. The van der Waals surface area contributed by atoms with Crippen LogP contribution < -0.4 is 5.32 Å². The van der Waals surface area contributed by atoms with Gasteiger partial charge >= 0.3 is 0 Å². The second kappa shape index (κ2) is 6.97. The Kier molecular flexibility index (Phi) is 4.76. The van der Waals surface area contributed by atoms with E-state index in [-0.39, 0.29) is 18.1 Å². The first-order valence-corrected chi connectivity index (χ1v) is 8.09. The fraction of sp³-hybridized carbons (Fsp3) is 0.389. The van der Waals surface area contributed by atoms with Crippen LogP contribution in [0.3, 0.4) is 0 Å². The number of hydrogen-bond acceptors (Lipinski definition) is 5. The van der Waals surface area contributed by atoms with Crippen molar-refractivity contribution in [2.75, 3.05) is 25.5 Å². The number of aryl methyl sites for hydroxylation is 1. The highest BCUT2D eigenvalue weighted by molar-refractivity contribution is 5.93. The Morgan fingerprint density at radius 2 is 2.04 bits per heavy atom. The number of rotatable bonds is 3. The minimum absolute atomic E-state index is 0.000571. The molecule has 1 aromatic heterocycles. The molecule has 2 heterocycles. The number of morpholine rings is 1. The molecule has 1 N–H and O–H groups in total. The third-order valence-electron chi connectivity index (χ3n) is 4.11. The number of hydrogen-bond donors (Lipinski definition) is 1. The first-order valence-electron chi connectivity index (χ1n) is 8.09. The highest BCUT2D eigenvalue weighted by Gasteiger charge is 2.33. The van der Waals surface area contributed by atoms with Crippen LogP contribution in [0.15, 0.2) is 36.4 Å². The van der Waals surface area contributed by atoms with Crippen molar-refractivity contribution in [2.24, 2.45) is 0 Å². The van der Waals surface area contributed by atoms with E-state index in [0.717, 1.165) is 11.3 Å². The lowest BCUT2D eigenvalue weighted by Gasteiger charge is -2.38. The van der Waals surface area contributed by atoms with Gasteiger partial charge in [0.1, 0.15) is 5.69 Å². The van der Waals surface area contributed by atoms with E-state index in [4.69, 9.17) is 4.74 Å². The topological polar surface area (TPSA) is 67.4 Å². The Balaban J connectivity index is 1.94. The standard InChI is InChI=1S/C18H22N4O2/c1-12-9-15(21-18(19-3)20-12)17(23)22-10-13(2)24-11-16(22)14-7-5-4-6-8-14/h4-9,13,16H,10-11H2,1-3H3,(H,19,20,21). The molecule has 1 aliphatic heterocycles. The normalized spacial score (nSPS) is 20.7. The zero-order chi connectivity index (χ0) is 17.1. The lowest BCUT2D eigenvalue weighted by atomic mass is 10.0. The minimum atomic E-state index is -0.108. The molecule has 126 valence electrons. The molecule has 6 heteroatoms. The number of nitrogens with zero attached hydrogens (tertiary/aromatic N) is 3. The molecule has 0 radical (unpaired) electrons. The van der Waals surface area contributed by atoms with E-state index in [1.54, 1.807) is 13.1 Å². The number of carbonyl (C=O) groups excluding carboxylic acids is 1. The summed E-state index contributed by atoms with van der Waals surface area (Å²) in [5.41, 5.74) is 2.23. The molecule has 1 aliphatic rings. The third kappa shape index (κ3) is 3.38. The van der Waals surface area contributed by atoms with Crippen molar-refractivity contribution < 1.29 is 9.53 Å². The number of carbonyl (C=O) groups is 1. The average molecular weight is 326 g/mol. The van der Waals surface area contributed by atoms with E-state index in [0.29, 0.717) is 24.8 Å². The molecule has 2 atom stereocenters. The SMILES string of the molecule is CNc1nc(C)cc(C(=O)N2CC(C)OCC2c2ccccc2)n1. The van der Waals surface area contributed by atoms with E-state index in [2.05, 4.69) is 15.3 Å². The van der Waals surface area contributed by atoms with Gasteiger partial charge in [0.2, 0.25) is 5.95 Å². The van der Waals surface area contributed by atoms with Gasteiger partial charge in [0.15, 0.2) is 0 Å². The molecular weight excluding hydrogens is 304 g/mol. The van der Waals surface area contributed by atoms with Gasteiger partial charge in [-0.2, -0.15) is 0 Å². The molecule has 0 saturated carbocycles. The molecule has 2 unspecified atom stereocenters. The van der Waals surface area contributed by atoms with Crippen molar-refractivity contribution in [2.45, 2.75) is 26.0 Å².